The summed E-state index contributed by atoms with van der Waals surface area (Å²) in [6.07, 6.45) is 3.40. The Morgan fingerprint density at radius 3 is 2.50 bits per heavy atom. The lowest BCUT2D eigenvalue weighted by atomic mass is 9.78. The van der Waals surface area contributed by atoms with Crippen LogP contribution in [0.15, 0.2) is 0 Å². The first-order valence-corrected chi connectivity index (χ1v) is 7.05. The van der Waals surface area contributed by atoms with E-state index in [-0.39, 0.29) is 30.9 Å². The van der Waals surface area contributed by atoms with Crippen molar-refractivity contribution in [2.75, 3.05) is 13.6 Å². The normalized spacial score (nSPS) is 27.6. The van der Waals surface area contributed by atoms with Gasteiger partial charge in [-0.05, 0) is 32.2 Å². The molecule has 1 rings (SSSR count). The van der Waals surface area contributed by atoms with Crippen LogP contribution in [0.2, 0.25) is 0 Å². The van der Waals surface area contributed by atoms with E-state index in [2.05, 4.69) is 19.2 Å². The average molecular weight is 307 g/mol. The van der Waals surface area contributed by atoms with Crippen LogP contribution in [0.1, 0.15) is 40.0 Å². The summed E-state index contributed by atoms with van der Waals surface area (Å²) in [6, 6.07) is -0.418. The highest BCUT2D eigenvalue weighted by Crippen LogP contribution is 2.29. The van der Waals surface area contributed by atoms with Gasteiger partial charge in [0.25, 0.3) is 0 Å². The highest BCUT2D eigenvalue weighted by molar-refractivity contribution is 5.85. The first-order valence-electron chi connectivity index (χ1n) is 7.05. The van der Waals surface area contributed by atoms with E-state index in [1.807, 2.05) is 0 Å². The summed E-state index contributed by atoms with van der Waals surface area (Å²) in [7, 11) is 1.66. The molecule has 1 fully saturated rings. The molecule has 1 saturated carbocycles. The molecular weight excluding hydrogens is 280 g/mol. The maximum atomic E-state index is 12.0. The number of amides is 1. The summed E-state index contributed by atoms with van der Waals surface area (Å²) in [4.78, 5) is 24.3. The van der Waals surface area contributed by atoms with Crippen LogP contribution in [0.5, 0.6) is 0 Å². The molecule has 0 aliphatic heterocycles. The van der Waals surface area contributed by atoms with Crippen molar-refractivity contribution in [3.05, 3.63) is 0 Å². The smallest absolute Gasteiger partial charge is 0.320 e. The Kier molecular flexibility index (Phi) is 8.13. The Hall–Kier alpha value is -0.810. The minimum atomic E-state index is -0.907. The lowest BCUT2D eigenvalue weighted by molar-refractivity contribution is -0.142. The molecule has 6 heteroatoms. The Labute approximate surface area is 127 Å². The molecule has 4 unspecified atom stereocenters. The third-order valence-electron chi connectivity index (χ3n) is 4.46. The molecule has 20 heavy (non-hydrogen) atoms. The second-order valence-corrected chi connectivity index (χ2v) is 5.87. The lowest BCUT2D eigenvalue weighted by Crippen LogP contribution is -2.48. The maximum Gasteiger partial charge on any atom is 0.320 e. The molecule has 0 spiro atoms. The van der Waals surface area contributed by atoms with Crippen LogP contribution < -0.4 is 5.32 Å². The summed E-state index contributed by atoms with van der Waals surface area (Å²) >= 11 is 0. The third-order valence-corrected chi connectivity index (χ3v) is 4.46. The van der Waals surface area contributed by atoms with E-state index >= 15 is 0 Å². The average Bonchev–Trinajstić information content (AvgIpc) is 2.33. The Bertz CT molecular complexity index is 338. The Morgan fingerprint density at radius 1 is 1.35 bits per heavy atom. The van der Waals surface area contributed by atoms with Crippen LogP contribution in [0.3, 0.4) is 0 Å². The van der Waals surface area contributed by atoms with Gasteiger partial charge in [0.2, 0.25) is 5.91 Å². The third kappa shape index (κ3) is 5.29. The van der Waals surface area contributed by atoms with Crippen molar-refractivity contribution in [2.24, 2.45) is 11.8 Å². The summed E-state index contributed by atoms with van der Waals surface area (Å²) in [5.41, 5.74) is 0. The number of nitrogens with zero attached hydrogens (tertiary/aromatic N) is 1. The second kappa shape index (κ2) is 8.47. The predicted molar refractivity (Wildman–Crippen MR) is 81.1 cm³/mol. The zero-order valence-corrected chi connectivity index (χ0v) is 13.6. The van der Waals surface area contributed by atoms with Gasteiger partial charge in [0, 0.05) is 6.04 Å². The molecule has 0 aromatic carbocycles. The van der Waals surface area contributed by atoms with Crippen LogP contribution in [-0.4, -0.2) is 47.6 Å². The molecule has 0 heterocycles. The molecule has 0 aromatic heterocycles. The van der Waals surface area contributed by atoms with Crippen molar-refractivity contribution in [3.63, 3.8) is 0 Å². The fraction of sp³-hybridized carbons (Fsp3) is 0.857. The highest BCUT2D eigenvalue weighted by atomic mass is 35.5. The van der Waals surface area contributed by atoms with E-state index in [1.165, 1.54) is 6.42 Å². The van der Waals surface area contributed by atoms with E-state index in [4.69, 9.17) is 5.11 Å². The zero-order valence-electron chi connectivity index (χ0n) is 12.8. The number of carbonyl (C=O) groups is 2. The molecule has 2 N–H and O–H groups in total. The maximum absolute atomic E-state index is 12.0. The number of carbonyl (C=O) groups excluding carboxylic acids is 1. The van der Waals surface area contributed by atoms with Gasteiger partial charge in [0.1, 0.15) is 6.04 Å². The fourth-order valence-corrected chi connectivity index (χ4v) is 2.59. The van der Waals surface area contributed by atoms with Crippen molar-refractivity contribution in [2.45, 2.75) is 52.1 Å². The van der Waals surface area contributed by atoms with E-state index in [1.54, 1.807) is 18.9 Å². The summed E-state index contributed by atoms with van der Waals surface area (Å²) < 4.78 is 0. The minimum Gasteiger partial charge on any atom is -0.480 e. The number of hydrogen-bond donors (Lipinski definition) is 2. The monoisotopic (exact) mass is 306 g/mol. The van der Waals surface area contributed by atoms with Gasteiger partial charge in [0.15, 0.2) is 0 Å². The molecular formula is C14H27ClN2O3. The van der Waals surface area contributed by atoms with E-state index in [0.29, 0.717) is 11.8 Å². The van der Waals surface area contributed by atoms with Crippen LogP contribution in [-0.2, 0) is 9.59 Å². The fourth-order valence-electron chi connectivity index (χ4n) is 2.59. The van der Waals surface area contributed by atoms with E-state index in [9.17, 15) is 9.59 Å². The van der Waals surface area contributed by atoms with Gasteiger partial charge < -0.3 is 10.4 Å². The summed E-state index contributed by atoms with van der Waals surface area (Å²) in [5.74, 6) is 0.131. The minimum absolute atomic E-state index is 0. The number of rotatable bonds is 5. The second-order valence-electron chi connectivity index (χ2n) is 5.87. The van der Waals surface area contributed by atoms with Crippen molar-refractivity contribution in [3.8, 4) is 0 Å². The quantitative estimate of drug-likeness (QED) is 0.812. The van der Waals surface area contributed by atoms with Gasteiger partial charge in [-0.3, -0.25) is 14.5 Å². The SMILES string of the molecule is CC1CCCC(NC(=O)CN(C)C(C)C(=O)O)C1C.Cl. The van der Waals surface area contributed by atoms with Crippen molar-refractivity contribution in [1.29, 1.82) is 0 Å². The van der Waals surface area contributed by atoms with Gasteiger partial charge in [-0.25, -0.2) is 0 Å². The molecule has 118 valence electrons. The number of hydrogen-bond acceptors (Lipinski definition) is 3. The van der Waals surface area contributed by atoms with Crippen molar-refractivity contribution >= 4 is 24.3 Å². The molecule has 0 saturated heterocycles. The summed E-state index contributed by atoms with van der Waals surface area (Å²) in [5, 5.41) is 11.9. The van der Waals surface area contributed by atoms with Crippen LogP contribution in [0.25, 0.3) is 0 Å². The van der Waals surface area contributed by atoms with Gasteiger partial charge >= 0.3 is 5.97 Å². The zero-order chi connectivity index (χ0) is 14.6. The lowest BCUT2D eigenvalue weighted by Gasteiger charge is -2.35. The molecule has 0 bridgehead atoms. The van der Waals surface area contributed by atoms with Crippen LogP contribution in [0.4, 0.5) is 0 Å². The Balaban J connectivity index is 0.00000361. The number of halogens is 1. The van der Waals surface area contributed by atoms with Crippen LogP contribution >= 0.6 is 12.4 Å². The highest BCUT2D eigenvalue weighted by Gasteiger charge is 2.28. The summed E-state index contributed by atoms with van der Waals surface area (Å²) in [6.45, 7) is 6.12. The first-order chi connectivity index (χ1) is 8.82. The van der Waals surface area contributed by atoms with Gasteiger partial charge in [0.05, 0.1) is 6.54 Å². The van der Waals surface area contributed by atoms with Gasteiger partial charge in [-0.1, -0.05) is 26.7 Å². The number of carboxylic acids is 1. The van der Waals surface area contributed by atoms with Gasteiger partial charge in [-0.2, -0.15) is 0 Å². The number of nitrogens with one attached hydrogen (secondary N) is 1. The standard InChI is InChI=1S/C14H26N2O3.ClH/c1-9-6-5-7-12(10(9)2)15-13(17)8-16(4)11(3)14(18)19;/h9-12H,5-8H2,1-4H3,(H,15,17)(H,18,19);1H. The Morgan fingerprint density at radius 2 is 1.95 bits per heavy atom. The van der Waals surface area contributed by atoms with E-state index in [0.717, 1.165) is 12.8 Å². The number of carboxylic acid groups (broad SMARTS) is 1. The molecule has 1 amide bonds. The predicted octanol–water partition coefficient (Wildman–Crippen LogP) is 1.75. The molecule has 1 aliphatic rings. The largest absolute Gasteiger partial charge is 0.480 e. The van der Waals surface area contributed by atoms with Crippen molar-refractivity contribution < 1.29 is 14.7 Å². The number of likely N-dealkylation sites (N-methyl/N-ethyl adjacent to an activating group) is 1. The van der Waals surface area contributed by atoms with E-state index < -0.39 is 12.0 Å². The van der Waals surface area contributed by atoms with Gasteiger partial charge in [-0.15, -0.1) is 12.4 Å². The molecule has 4 atom stereocenters. The topological polar surface area (TPSA) is 69.6 Å². The van der Waals surface area contributed by atoms with Crippen molar-refractivity contribution in [1.82, 2.24) is 10.2 Å². The molecule has 5 nitrogen and oxygen atoms in total. The molecule has 1 aliphatic carbocycles. The molecule has 0 aromatic rings. The van der Waals surface area contributed by atoms with Crippen LogP contribution in [0, 0.1) is 11.8 Å². The molecule has 0 radical (unpaired) electrons. The first kappa shape index (κ1) is 19.2. The number of aliphatic carboxylic acids is 1.